The lowest BCUT2D eigenvalue weighted by molar-refractivity contribution is 0.154. The molecule has 1 saturated heterocycles. The molecular formula is C10H14O2Si. The molecule has 0 spiro atoms. The minimum absolute atomic E-state index is 0.204. The summed E-state index contributed by atoms with van der Waals surface area (Å²) in [5, 5.41) is 1.47. The third-order valence-corrected chi connectivity index (χ3v) is 3.63. The Hall–Kier alpha value is -0.643. The van der Waals surface area contributed by atoms with Gasteiger partial charge < -0.3 is 9.47 Å². The van der Waals surface area contributed by atoms with Gasteiger partial charge in [-0.25, -0.2) is 0 Å². The summed E-state index contributed by atoms with van der Waals surface area (Å²) in [4.78, 5) is 0. The van der Waals surface area contributed by atoms with Crippen LogP contribution in [-0.4, -0.2) is 35.1 Å². The third kappa shape index (κ3) is 3.30. The molecule has 0 amide bonds. The molecule has 0 bridgehead atoms. The molecule has 1 aliphatic rings. The molecule has 0 aliphatic carbocycles. The van der Waals surface area contributed by atoms with Crippen LogP contribution in [0.25, 0.3) is 0 Å². The molecule has 1 unspecified atom stereocenters. The van der Waals surface area contributed by atoms with Crippen LogP contribution >= 0.6 is 0 Å². The molecule has 0 radical (unpaired) electrons. The Kier molecular flexibility index (Phi) is 3.13. The third-order valence-electron chi connectivity index (χ3n) is 2.08. The van der Waals surface area contributed by atoms with Gasteiger partial charge in [-0.15, -0.1) is 0 Å². The van der Waals surface area contributed by atoms with E-state index < -0.39 is 0 Å². The van der Waals surface area contributed by atoms with Crippen LogP contribution in [0, 0.1) is 0 Å². The van der Waals surface area contributed by atoms with Crippen molar-refractivity contribution in [1.82, 2.24) is 0 Å². The highest BCUT2D eigenvalue weighted by Gasteiger charge is 2.21. The molecule has 3 heteroatoms. The maximum absolute atomic E-state index is 5.50. The van der Waals surface area contributed by atoms with Crippen molar-refractivity contribution in [3.63, 3.8) is 0 Å². The zero-order valence-corrected chi connectivity index (χ0v) is 9.02. The fourth-order valence-corrected chi connectivity index (χ4v) is 2.37. The van der Waals surface area contributed by atoms with Gasteiger partial charge >= 0.3 is 0 Å². The molecule has 2 nitrogen and oxygen atoms in total. The van der Waals surface area contributed by atoms with Crippen LogP contribution in [0.4, 0.5) is 0 Å². The quantitative estimate of drug-likeness (QED) is 0.369. The average Bonchev–Trinajstić information content (AvgIpc) is 2.98. The SMILES string of the molecule is c1ccc([SiH2]COCC2CO2)cc1. The molecule has 0 N–H and O–H groups in total. The van der Waals surface area contributed by atoms with Crippen LogP contribution < -0.4 is 5.19 Å². The van der Waals surface area contributed by atoms with Crippen molar-refractivity contribution < 1.29 is 9.47 Å². The Bertz CT molecular complexity index is 246. The van der Waals surface area contributed by atoms with Gasteiger partial charge in [0.05, 0.1) is 22.7 Å². The van der Waals surface area contributed by atoms with E-state index in [2.05, 4.69) is 30.3 Å². The van der Waals surface area contributed by atoms with Crippen LogP contribution in [0.15, 0.2) is 30.3 Å². The summed E-state index contributed by atoms with van der Waals surface area (Å²) >= 11 is 0. The van der Waals surface area contributed by atoms with E-state index in [-0.39, 0.29) is 9.52 Å². The van der Waals surface area contributed by atoms with Crippen molar-refractivity contribution in [2.45, 2.75) is 6.10 Å². The largest absolute Gasteiger partial charge is 0.382 e. The van der Waals surface area contributed by atoms with Gasteiger partial charge in [-0.05, 0) is 0 Å². The number of hydrogen-bond acceptors (Lipinski definition) is 2. The first-order chi connectivity index (χ1) is 6.45. The molecule has 1 fully saturated rings. The molecule has 1 aromatic rings. The van der Waals surface area contributed by atoms with E-state index in [1.54, 1.807) is 0 Å². The van der Waals surface area contributed by atoms with Gasteiger partial charge in [0.25, 0.3) is 0 Å². The number of ether oxygens (including phenoxy) is 2. The lowest BCUT2D eigenvalue weighted by atomic mass is 10.4. The predicted octanol–water partition coefficient (Wildman–Crippen LogP) is -0.146. The van der Waals surface area contributed by atoms with Crippen molar-refractivity contribution in [1.29, 1.82) is 0 Å². The molecule has 2 rings (SSSR count). The normalized spacial score (nSPS) is 21.1. The van der Waals surface area contributed by atoms with Crippen LogP contribution in [0.1, 0.15) is 0 Å². The highest BCUT2D eigenvalue weighted by atomic mass is 28.2. The van der Waals surface area contributed by atoms with Gasteiger partial charge in [0.15, 0.2) is 0 Å². The fraction of sp³-hybridized carbons (Fsp3) is 0.400. The zero-order chi connectivity index (χ0) is 8.93. The average molecular weight is 194 g/mol. The maximum atomic E-state index is 5.50. The molecule has 70 valence electrons. The van der Waals surface area contributed by atoms with Crippen molar-refractivity contribution in [2.24, 2.45) is 0 Å². The molecular weight excluding hydrogens is 180 g/mol. The topological polar surface area (TPSA) is 21.8 Å². The Morgan fingerprint density at radius 2 is 2.15 bits per heavy atom. The zero-order valence-electron chi connectivity index (χ0n) is 7.61. The van der Waals surface area contributed by atoms with E-state index in [4.69, 9.17) is 9.47 Å². The van der Waals surface area contributed by atoms with Gasteiger partial charge in [-0.1, -0.05) is 35.5 Å². The lowest BCUT2D eigenvalue weighted by Crippen LogP contribution is -2.20. The second kappa shape index (κ2) is 4.55. The minimum atomic E-state index is -0.204. The van der Waals surface area contributed by atoms with Gasteiger partial charge in [-0.3, -0.25) is 0 Å². The first kappa shape index (κ1) is 8.93. The summed E-state index contributed by atoms with van der Waals surface area (Å²) in [6, 6.07) is 10.6. The minimum Gasteiger partial charge on any atom is -0.382 e. The van der Waals surface area contributed by atoms with Crippen LogP contribution in [0.2, 0.25) is 0 Å². The molecule has 1 aromatic carbocycles. The monoisotopic (exact) mass is 194 g/mol. The van der Waals surface area contributed by atoms with E-state index in [0.717, 1.165) is 19.4 Å². The molecule has 1 aliphatic heterocycles. The van der Waals surface area contributed by atoms with Gasteiger partial charge in [0.2, 0.25) is 0 Å². The second-order valence-corrected chi connectivity index (χ2v) is 4.99. The summed E-state index contributed by atoms with van der Waals surface area (Å²) in [6.07, 6.45) is 1.34. The Morgan fingerprint density at radius 1 is 1.38 bits per heavy atom. The first-order valence-electron chi connectivity index (χ1n) is 4.68. The van der Waals surface area contributed by atoms with Crippen LogP contribution in [0.3, 0.4) is 0 Å². The molecule has 0 aromatic heterocycles. The van der Waals surface area contributed by atoms with Crippen LogP contribution in [-0.2, 0) is 9.47 Å². The van der Waals surface area contributed by atoms with E-state index in [9.17, 15) is 0 Å². The van der Waals surface area contributed by atoms with Crippen molar-refractivity contribution in [2.75, 3.05) is 19.4 Å². The summed E-state index contributed by atoms with van der Waals surface area (Å²) in [7, 11) is -0.204. The van der Waals surface area contributed by atoms with Gasteiger partial charge in [0.1, 0.15) is 6.10 Å². The maximum Gasteiger partial charge on any atom is 0.104 e. The standard InChI is InChI=1S/C10H14O2Si/c1-2-4-10(5-3-1)13-8-11-6-9-7-12-9/h1-5,9H,6-8,13H2. The molecule has 1 heterocycles. The highest BCUT2D eigenvalue weighted by molar-refractivity contribution is 6.53. The number of epoxide rings is 1. The molecule has 0 saturated carbocycles. The van der Waals surface area contributed by atoms with Crippen molar-refractivity contribution in [3.8, 4) is 0 Å². The smallest absolute Gasteiger partial charge is 0.104 e. The van der Waals surface area contributed by atoms with E-state index >= 15 is 0 Å². The van der Waals surface area contributed by atoms with E-state index in [1.807, 2.05) is 0 Å². The molecule has 1 atom stereocenters. The Labute approximate surface area is 80.7 Å². The Balaban J connectivity index is 1.61. The van der Waals surface area contributed by atoms with Gasteiger partial charge in [0, 0.05) is 6.23 Å². The van der Waals surface area contributed by atoms with E-state index in [1.165, 1.54) is 5.19 Å². The second-order valence-electron chi connectivity index (χ2n) is 3.27. The van der Waals surface area contributed by atoms with E-state index in [0.29, 0.717) is 6.10 Å². The summed E-state index contributed by atoms with van der Waals surface area (Å²) in [5.74, 6) is 0. The summed E-state index contributed by atoms with van der Waals surface area (Å²) in [6.45, 7) is 1.69. The van der Waals surface area contributed by atoms with Crippen molar-refractivity contribution in [3.05, 3.63) is 30.3 Å². The molecule has 13 heavy (non-hydrogen) atoms. The summed E-state index contributed by atoms with van der Waals surface area (Å²) in [5.41, 5.74) is 0. The number of benzene rings is 1. The van der Waals surface area contributed by atoms with Crippen molar-refractivity contribution >= 4 is 14.7 Å². The van der Waals surface area contributed by atoms with Gasteiger partial charge in [-0.2, -0.15) is 0 Å². The van der Waals surface area contributed by atoms with Crippen LogP contribution in [0.5, 0.6) is 0 Å². The summed E-state index contributed by atoms with van der Waals surface area (Å²) < 4.78 is 10.5. The number of hydrogen-bond donors (Lipinski definition) is 0. The Morgan fingerprint density at radius 3 is 2.85 bits per heavy atom. The fourth-order valence-electron chi connectivity index (χ4n) is 1.21. The highest BCUT2D eigenvalue weighted by Crippen LogP contribution is 2.07. The predicted molar refractivity (Wildman–Crippen MR) is 55.2 cm³/mol. The first-order valence-corrected chi connectivity index (χ1v) is 6.39. The number of rotatable bonds is 5. The lowest BCUT2D eigenvalue weighted by Gasteiger charge is -2.00.